The highest BCUT2D eigenvalue weighted by molar-refractivity contribution is 8.00. The maximum absolute atomic E-state index is 13.2. The molecule has 1 atom stereocenters. The highest BCUT2D eigenvalue weighted by atomic mass is 35.5. The van der Waals surface area contributed by atoms with Crippen LogP contribution < -0.4 is 10.1 Å². The summed E-state index contributed by atoms with van der Waals surface area (Å²) in [5, 5.41) is 11.0. The lowest BCUT2D eigenvalue weighted by Crippen LogP contribution is -2.19. The summed E-state index contributed by atoms with van der Waals surface area (Å²) >= 11 is 13.1. The summed E-state index contributed by atoms with van der Waals surface area (Å²) in [4.78, 5) is 13.2. The zero-order chi connectivity index (χ0) is 24.1. The molecule has 1 heterocycles. The molecular formula is C23H15Cl2F2N3O3S. The van der Waals surface area contributed by atoms with Crippen molar-refractivity contribution in [3.63, 3.8) is 0 Å². The third-order valence-corrected chi connectivity index (χ3v) is 5.95. The number of nitrogens with zero attached hydrogens (tertiary/aromatic N) is 2. The second-order valence-corrected chi connectivity index (χ2v) is 8.76. The number of nitrogens with one attached hydrogen (secondary N) is 1. The molecule has 11 heteroatoms. The number of benzene rings is 3. The smallest absolute Gasteiger partial charge is 0.387 e. The number of alkyl halides is 2. The van der Waals surface area contributed by atoms with Crippen LogP contribution in [0.2, 0.25) is 10.0 Å². The zero-order valence-electron chi connectivity index (χ0n) is 17.1. The van der Waals surface area contributed by atoms with Gasteiger partial charge in [0.2, 0.25) is 11.8 Å². The minimum absolute atomic E-state index is 0.00907. The van der Waals surface area contributed by atoms with Gasteiger partial charge in [-0.25, -0.2) is 0 Å². The summed E-state index contributed by atoms with van der Waals surface area (Å²) in [5.41, 5.74) is 1.67. The van der Waals surface area contributed by atoms with E-state index in [9.17, 15) is 13.6 Å². The monoisotopic (exact) mass is 521 g/mol. The number of amides is 1. The van der Waals surface area contributed by atoms with Crippen molar-refractivity contribution >= 4 is 46.6 Å². The third-order valence-electron chi connectivity index (χ3n) is 4.42. The van der Waals surface area contributed by atoms with Crippen molar-refractivity contribution in [1.29, 1.82) is 0 Å². The Kier molecular flexibility index (Phi) is 7.66. The molecule has 4 aromatic rings. The fourth-order valence-corrected chi connectivity index (χ4v) is 4.39. The lowest BCUT2D eigenvalue weighted by molar-refractivity contribution is -0.115. The second kappa shape index (κ2) is 10.9. The van der Waals surface area contributed by atoms with Gasteiger partial charge < -0.3 is 14.5 Å². The Labute approximate surface area is 207 Å². The quantitative estimate of drug-likeness (QED) is 0.249. The Morgan fingerprint density at radius 1 is 0.971 bits per heavy atom. The van der Waals surface area contributed by atoms with Gasteiger partial charge in [0.25, 0.3) is 5.22 Å². The molecule has 0 saturated carbocycles. The van der Waals surface area contributed by atoms with Crippen LogP contribution >= 0.6 is 35.0 Å². The molecule has 0 saturated heterocycles. The molecule has 0 radical (unpaired) electrons. The Bertz CT molecular complexity index is 1250. The van der Waals surface area contributed by atoms with E-state index >= 15 is 0 Å². The van der Waals surface area contributed by atoms with Gasteiger partial charge in [-0.15, -0.1) is 10.2 Å². The first-order valence-electron chi connectivity index (χ1n) is 9.75. The van der Waals surface area contributed by atoms with Crippen LogP contribution in [0.3, 0.4) is 0 Å². The van der Waals surface area contributed by atoms with Crippen molar-refractivity contribution in [1.82, 2.24) is 10.2 Å². The minimum atomic E-state index is -2.92. The first-order valence-corrected chi connectivity index (χ1v) is 11.4. The molecule has 0 fully saturated rings. The predicted molar refractivity (Wildman–Crippen MR) is 126 cm³/mol. The molecule has 0 aliphatic rings. The molecule has 0 bridgehead atoms. The summed E-state index contributed by atoms with van der Waals surface area (Å²) in [6.07, 6.45) is 0. The van der Waals surface area contributed by atoms with Crippen molar-refractivity contribution in [2.45, 2.75) is 17.1 Å². The molecule has 1 amide bonds. The van der Waals surface area contributed by atoms with Crippen LogP contribution in [0.1, 0.15) is 10.8 Å². The maximum atomic E-state index is 13.2. The molecule has 0 aliphatic carbocycles. The fourth-order valence-electron chi connectivity index (χ4n) is 2.99. The standard InChI is InChI=1S/C23H15Cl2F2N3O3S/c24-15-10-16(25)12-17(11-15)28-20(31)19(13-4-2-1-3-5-13)34-23-30-29-21(33-23)14-6-8-18(9-7-14)32-22(26)27/h1-12,19,22H,(H,28,31)/t19-/m0/s1. The van der Waals surface area contributed by atoms with Gasteiger partial charge in [0.1, 0.15) is 11.0 Å². The van der Waals surface area contributed by atoms with E-state index in [2.05, 4.69) is 20.3 Å². The zero-order valence-corrected chi connectivity index (χ0v) is 19.5. The van der Waals surface area contributed by atoms with Crippen LogP contribution in [0.25, 0.3) is 11.5 Å². The van der Waals surface area contributed by atoms with E-state index in [0.29, 0.717) is 26.9 Å². The Morgan fingerprint density at radius 2 is 1.65 bits per heavy atom. The first-order chi connectivity index (χ1) is 16.4. The molecular weight excluding hydrogens is 507 g/mol. The van der Waals surface area contributed by atoms with Crippen LogP contribution in [-0.2, 0) is 4.79 Å². The number of anilines is 1. The summed E-state index contributed by atoms with van der Waals surface area (Å²) in [6, 6.07) is 19.6. The van der Waals surface area contributed by atoms with Crippen LogP contribution in [0.5, 0.6) is 5.75 Å². The molecule has 0 unspecified atom stereocenters. The number of hydrogen-bond acceptors (Lipinski definition) is 6. The average molecular weight is 522 g/mol. The Hall–Kier alpha value is -3.14. The van der Waals surface area contributed by atoms with Crippen LogP contribution in [-0.4, -0.2) is 22.7 Å². The summed E-state index contributed by atoms with van der Waals surface area (Å²) < 4.78 is 34.7. The van der Waals surface area contributed by atoms with Gasteiger partial charge in [0.15, 0.2) is 0 Å². The van der Waals surface area contributed by atoms with Crippen molar-refractivity contribution in [2.75, 3.05) is 5.32 Å². The number of carbonyl (C=O) groups excluding carboxylic acids is 1. The number of halogens is 4. The molecule has 4 rings (SSSR count). The lowest BCUT2D eigenvalue weighted by Gasteiger charge is -2.15. The van der Waals surface area contributed by atoms with Crippen LogP contribution in [0, 0.1) is 0 Å². The molecule has 1 aromatic heterocycles. The van der Waals surface area contributed by atoms with E-state index in [1.165, 1.54) is 24.3 Å². The van der Waals surface area contributed by atoms with Crippen molar-refractivity contribution in [2.24, 2.45) is 0 Å². The van der Waals surface area contributed by atoms with E-state index in [1.807, 2.05) is 18.2 Å². The van der Waals surface area contributed by atoms with Gasteiger partial charge in [0.05, 0.1) is 0 Å². The van der Waals surface area contributed by atoms with E-state index in [0.717, 1.165) is 11.8 Å². The van der Waals surface area contributed by atoms with E-state index in [1.54, 1.807) is 30.3 Å². The second-order valence-electron chi connectivity index (χ2n) is 6.83. The number of ether oxygens (including phenoxy) is 1. The van der Waals surface area contributed by atoms with Crippen LogP contribution in [0.4, 0.5) is 14.5 Å². The van der Waals surface area contributed by atoms with Gasteiger partial charge in [-0.3, -0.25) is 4.79 Å². The normalized spacial score (nSPS) is 11.9. The highest BCUT2D eigenvalue weighted by Crippen LogP contribution is 2.37. The van der Waals surface area contributed by atoms with Gasteiger partial charge in [-0.2, -0.15) is 8.78 Å². The lowest BCUT2D eigenvalue weighted by atomic mass is 10.1. The molecule has 34 heavy (non-hydrogen) atoms. The Morgan fingerprint density at radius 3 is 2.29 bits per heavy atom. The van der Waals surface area contributed by atoms with Gasteiger partial charge in [-0.1, -0.05) is 53.5 Å². The number of aromatic nitrogens is 2. The Balaban J connectivity index is 1.54. The summed E-state index contributed by atoms with van der Waals surface area (Å²) in [5.74, 6) is -0.169. The fraction of sp³-hybridized carbons (Fsp3) is 0.0870. The molecule has 1 N–H and O–H groups in total. The maximum Gasteiger partial charge on any atom is 0.387 e. The summed E-state index contributed by atoms with van der Waals surface area (Å²) in [6.45, 7) is -2.92. The number of carbonyl (C=O) groups is 1. The molecule has 6 nitrogen and oxygen atoms in total. The predicted octanol–water partition coefficient (Wildman–Crippen LogP) is 7.12. The topological polar surface area (TPSA) is 77.2 Å². The van der Waals surface area contributed by atoms with Gasteiger partial charge in [0, 0.05) is 21.3 Å². The van der Waals surface area contributed by atoms with Gasteiger partial charge >= 0.3 is 6.61 Å². The SMILES string of the molecule is O=C(Nc1cc(Cl)cc(Cl)c1)[C@@H](Sc1nnc(-c2ccc(OC(F)F)cc2)o1)c1ccccc1. The van der Waals surface area contributed by atoms with Gasteiger partial charge in [-0.05, 0) is 59.8 Å². The number of hydrogen-bond donors (Lipinski definition) is 1. The largest absolute Gasteiger partial charge is 0.435 e. The minimum Gasteiger partial charge on any atom is -0.435 e. The van der Waals surface area contributed by atoms with E-state index in [4.69, 9.17) is 27.6 Å². The molecule has 3 aromatic carbocycles. The van der Waals surface area contributed by atoms with Crippen LogP contribution in [0.15, 0.2) is 82.4 Å². The highest BCUT2D eigenvalue weighted by Gasteiger charge is 2.25. The summed E-state index contributed by atoms with van der Waals surface area (Å²) in [7, 11) is 0. The van der Waals surface area contributed by atoms with Crippen molar-refractivity contribution in [3.05, 3.63) is 88.4 Å². The molecule has 0 spiro atoms. The number of thioether (sulfide) groups is 1. The van der Waals surface area contributed by atoms with Crippen molar-refractivity contribution in [3.8, 4) is 17.2 Å². The first kappa shape index (κ1) is 24.0. The van der Waals surface area contributed by atoms with E-state index in [-0.39, 0.29) is 22.8 Å². The van der Waals surface area contributed by atoms with Crippen molar-refractivity contribution < 1.29 is 22.7 Å². The molecule has 174 valence electrons. The number of rotatable bonds is 8. The molecule has 0 aliphatic heterocycles. The average Bonchev–Trinajstić information content (AvgIpc) is 3.26. The third kappa shape index (κ3) is 6.25. The van der Waals surface area contributed by atoms with E-state index < -0.39 is 11.9 Å².